The number of aromatic amines is 2. The van der Waals surface area contributed by atoms with Crippen LogP contribution in [-0.2, 0) is 25.9 Å². The third-order valence-corrected chi connectivity index (χ3v) is 5.79. The monoisotopic (exact) mass is 588 g/mol. The maximum Gasteiger partial charge on any atom is 0.344 e. The average Bonchev–Trinajstić information content (AvgIpc) is 2.92. The largest absolute Gasteiger partial charge is 0.497 e. The van der Waals surface area contributed by atoms with E-state index < -0.39 is 28.4 Å². The van der Waals surface area contributed by atoms with Gasteiger partial charge in [-0.15, -0.1) is 5.10 Å². The summed E-state index contributed by atoms with van der Waals surface area (Å²) in [5.74, 6) is 0.820. The second kappa shape index (κ2) is 13.2. The minimum atomic E-state index is -0.884. The lowest BCUT2D eigenvalue weighted by Crippen LogP contribution is -2.33. The smallest absolute Gasteiger partial charge is 0.344 e. The fraction of sp³-hybridized carbons (Fsp3) is 0.250. The van der Waals surface area contributed by atoms with Gasteiger partial charge >= 0.3 is 16.9 Å². The van der Waals surface area contributed by atoms with E-state index in [4.69, 9.17) is 14.6 Å². The van der Waals surface area contributed by atoms with E-state index in [0.29, 0.717) is 19.4 Å². The molecule has 4 aromatic rings. The summed E-state index contributed by atoms with van der Waals surface area (Å²) in [6, 6.07) is 14.9. The van der Waals surface area contributed by atoms with Crippen molar-refractivity contribution in [1.29, 1.82) is 0 Å². The van der Waals surface area contributed by atoms with Gasteiger partial charge < -0.3 is 14.6 Å². The molecule has 14 heteroatoms. The highest BCUT2D eigenvalue weighted by Crippen LogP contribution is 2.12. The van der Waals surface area contributed by atoms with Crippen molar-refractivity contribution in [1.82, 2.24) is 29.5 Å². The minimum Gasteiger partial charge on any atom is -0.497 e. The molecule has 38 heavy (non-hydrogen) atoms. The number of nitrogens with zero attached hydrogens (tertiary/aromatic N) is 4. The Morgan fingerprint density at radius 1 is 0.737 bits per heavy atom. The summed E-state index contributed by atoms with van der Waals surface area (Å²) in [7, 11) is 3.19. The molecule has 0 aliphatic rings. The summed E-state index contributed by atoms with van der Waals surface area (Å²) < 4.78 is 12.4. The van der Waals surface area contributed by atoms with Crippen LogP contribution in [0.5, 0.6) is 17.4 Å². The third-order valence-electron chi connectivity index (χ3n) is 5.27. The molecular weight excluding hydrogens is 564 g/mol. The second-order valence-electron chi connectivity index (χ2n) is 7.78. The number of benzene rings is 2. The topological polar surface area (TPSA) is 174 Å². The average molecular weight is 589 g/mol. The third kappa shape index (κ3) is 7.77. The van der Waals surface area contributed by atoms with Gasteiger partial charge in [0, 0.05) is 0 Å². The molecule has 0 saturated carbocycles. The molecule has 0 spiro atoms. The van der Waals surface area contributed by atoms with Gasteiger partial charge in [-0.25, -0.2) is 19.0 Å². The number of methoxy groups -OCH3 is 2. The van der Waals surface area contributed by atoms with Crippen molar-refractivity contribution in [2.24, 2.45) is 0 Å². The molecule has 200 valence electrons. The van der Waals surface area contributed by atoms with E-state index in [1.165, 1.54) is 4.68 Å². The van der Waals surface area contributed by atoms with E-state index >= 15 is 0 Å². The van der Waals surface area contributed by atoms with Gasteiger partial charge in [0.25, 0.3) is 11.4 Å². The zero-order valence-corrected chi connectivity index (χ0v) is 22.1. The Kier molecular flexibility index (Phi) is 9.76. The van der Waals surface area contributed by atoms with Crippen LogP contribution in [0.25, 0.3) is 0 Å². The minimum absolute atomic E-state index is 0.0989. The van der Waals surface area contributed by atoms with Crippen LogP contribution in [0.15, 0.2) is 72.3 Å². The van der Waals surface area contributed by atoms with Crippen molar-refractivity contribution in [3.63, 3.8) is 0 Å². The summed E-state index contributed by atoms with van der Waals surface area (Å²) in [6.07, 6.45) is 1.18. The first-order valence-corrected chi connectivity index (χ1v) is 12.0. The number of aromatic hydroxyl groups is 1. The molecule has 3 N–H and O–H groups in total. The number of aryl methyl sites for hydroxylation is 4. The number of aromatic nitrogens is 6. The standard InChI is InChI=1S/C12H12BrN3O3.C12H13N3O4/c1-19-9-4-2-8(3-5-9)6-7-16-12(18)14-11(17)10(13)15-16;1-19-9-4-2-8(3-5-9)6-7-15-12(18)13-10(16)11(17)14-15/h2-5H,6-7H2,1H3,(H,14,17,18);2-5H,6-7H2,1H3,(H,14,17)(H,13,16,18). The molecule has 0 fully saturated rings. The van der Waals surface area contributed by atoms with E-state index in [1.54, 1.807) is 14.2 Å². The van der Waals surface area contributed by atoms with Gasteiger partial charge in [-0.2, -0.15) is 5.10 Å². The van der Waals surface area contributed by atoms with E-state index in [-0.39, 0.29) is 11.1 Å². The molecule has 0 aliphatic carbocycles. The molecule has 0 saturated heterocycles. The highest BCUT2D eigenvalue weighted by atomic mass is 79.9. The SMILES string of the molecule is COc1ccc(CCn2nc(Br)c(=O)[nH]c2=O)cc1.COc1ccc(CCn2nc(O)c(=O)[nH]c2=O)cc1. The van der Waals surface area contributed by atoms with Crippen LogP contribution in [0.2, 0.25) is 0 Å². The maximum absolute atomic E-state index is 11.5. The van der Waals surface area contributed by atoms with E-state index in [2.05, 4.69) is 31.1 Å². The molecule has 4 rings (SSSR count). The lowest BCUT2D eigenvalue weighted by molar-refractivity contribution is 0.402. The van der Waals surface area contributed by atoms with Crippen molar-refractivity contribution < 1.29 is 14.6 Å². The van der Waals surface area contributed by atoms with Crippen LogP contribution < -0.4 is 32.0 Å². The lowest BCUT2D eigenvalue weighted by Gasteiger charge is -2.05. The molecule has 0 radical (unpaired) electrons. The van der Waals surface area contributed by atoms with Gasteiger partial charge in [-0.1, -0.05) is 24.3 Å². The van der Waals surface area contributed by atoms with Gasteiger partial charge in [0.05, 0.1) is 27.3 Å². The Bertz CT molecular complexity index is 1470. The Hall–Kier alpha value is -4.46. The molecule has 0 bridgehead atoms. The summed E-state index contributed by atoms with van der Waals surface area (Å²) in [5, 5.41) is 16.5. The first-order valence-electron chi connectivity index (χ1n) is 11.2. The van der Waals surface area contributed by atoms with E-state index in [0.717, 1.165) is 27.3 Å². The molecule has 0 amide bonds. The number of halogens is 1. The van der Waals surface area contributed by atoms with Gasteiger partial charge in [-0.3, -0.25) is 19.6 Å². The van der Waals surface area contributed by atoms with Gasteiger partial charge in [0.15, 0.2) is 4.60 Å². The predicted molar refractivity (Wildman–Crippen MR) is 141 cm³/mol. The van der Waals surface area contributed by atoms with Gasteiger partial charge in [-0.05, 0) is 64.2 Å². The van der Waals surface area contributed by atoms with Gasteiger partial charge in [0.1, 0.15) is 11.5 Å². The second-order valence-corrected chi connectivity index (χ2v) is 8.53. The summed E-state index contributed by atoms with van der Waals surface area (Å²) in [6.45, 7) is 0.649. The fourth-order valence-electron chi connectivity index (χ4n) is 3.19. The Labute approximate surface area is 223 Å². The van der Waals surface area contributed by atoms with E-state index in [9.17, 15) is 19.2 Å². The zero-order chi connectivity index (χ0) is 27.7. The van der Waals surface area contributed by atoms with E-state index in [1.807, 2.05) is 53.5 Å². The number of H-pyrrole nitrogens is 2. The first kappa shape index (κ1) is 28.1. The summed E-state index contributed by atoms with van der Waals surface area (Å²) in [5.41, 5.74) is -0.522. The molecular formula is C24H25BrN6O7. The molecule has 0 aliphatic heterocycles. The predicted octanol–water partition coefficient (Wildman–Crippen LogP) is 0.834. The van der Waals surface area contributed by atoms with Crippen molar-refractivity contribution in [3.05, 3.63) is 106 Å². The first-order chi connectivity index (χ1) is 18.2. The molecule has 0 atom stereocenters. The normalized spacial score (nSPS) is 10.4. The number of rotatable bonds is 8. The summed E-state index contributed by atoms with van der Waals surface area (Å²) in [4.78, 5) is 49.2. The van der Waals surface area contributed by atoms with Crippen LogP contribution in [-0.4, -0.2) is 48.9 Å². The van der Waals surface area contributed by atoms with Crippen molar-refractivity contribution in [3.8, 4) is 17.4 Å². The number of ether oxygens (including phenoxy) is 2. The van der Waals surface area contributed by atoms with Gasteiger partial charge in [0.2, 0.25) is 0 Å². The van der Waals surface area contributed by atoms with Crippen LogP contribution in [0.1, 0.15) is 11.1 Å². The molecule has 2 heterocycles. The lowest BCUT2D eigenvalue weighted by atomic mass is 10.1. The number of hydrogen-bond donors (Lipinski definition) is 3. The van der Waals surface area contributed by atoms with Crippen molar-refractivity contribution in [2.75, 3.05) is 14.2 Å². The molecule has 0 unspecified atom stereocenters. The molecule has 2 aromatic heterocycles. The Balaban J connectivity index is 0.000000211. The van der Waals surface area contributed by atoms with Crippen LogP contribution in [0.3, 0.4) is 0 Å². The zero-order valence-electron chi connectivity index (χ0n) is 20.5. The Morgan fingerprint density at radius 2 is 1.16 bits per heavy atom. The highest BCUT2D eigenvalue weighted by Gasteiger charge is 2.06. The highest BCUT2D eigenvalue weighted by molar-refractivity contribution is 9.10. The molecule has 2 aromatic carbocycles. The summed E-state index contributed by atoms with van der Waals surface area (Å²) >= 11 is 2.99. The quantitative estimate of drug-likeness (QED) is 0.269. The van der Waals surface area contributed by atoms with Crippen LogP contribution in [0, 0.1) is 0 Å². The van der Waals surface area contributed by atoms with Crippen LogP contribution >= 0.6 is 15.9 Å². The maximum atomic E-state index is 11.5. The Morgan fingerprint density at radius 3 is 1.61 bits per heavy atom. The van der Waals surface area contributed by atoms with Crippen LogP contribution in [0.4, 0.5) is 0 Å². The van der Waals surface area contributed by atoms with Crippen molar-refractivity contribution >= 4 is 15.9 Å². The number of hydrogen-bond acceptors (Lipinski definition) is 9. The number of nitrogens with one attached hydrogen (secondary N) is 2. The fourth-order valence-corrected chi connectivity index (χ4v) is 3.48. The molecule has 13 nitrogen and oxygen atoms in total. The van der Waals surface area contributed by atoms with Crippen molar-refractivity contribution in [2.45, 2.75) is 25.9 Å².